The standard InChI is InChI=1S/C22H20ClN3O2/c23-17-6-3-4-15(12-17)9-11-26-19-13-25(14-20(19)28-22(26)27)21-18-7-2-1-5-16(18)8-10-24-21/h1-8,10,12,19-20H,9,11,13-14H2/t19-,20+/m0/s1. The van der Waals surface area contributed by atoms with Crippen molar-refractivity contribution < 1.29 is 9.53 Å². The lowest BCUT2D eigenvalue weighted by Crippen LogP contribution is -2.39. The molecule has 142 valence electrons. The average molecular weight is 394 g/mol. The fourth-order valence-electron chi connectivity index (χ4n) is 4.23. The first-order valence-electron chi connectivity index (χ1n) is 9.49. The molecule has 2 atom stereocenters. The Morgan fingerprint density at radius 3 is 2.89 bits per heavy atom. The number of carbonyl (C=O) groups is 1. The summed E-state index contributed by atoms with van der Waals surface area (Å²) in [7, 11) is 0. The van der Waals surface area contributed by atoms with E-state index in [9.17, 15) is 4.79 Å². The number of nitrogens with zero attached hydrogens (tertiary/aromatic N) is 3. The van der Waals surface area contributed by atoms with Gasteiger partial charge in [0.1, 0.15) is 11.9 Å². The molecule has 28 heavy (non-hydrogen) atoms. The Kier molecular flexibility index (Phi) is 4.32. The van der Waals surface area contributed by atoms with Crippen LogP contribution in [-0.4, -0.2) is 47.8 Å². The van der Waals surface area contributed by atoms with Gasteiger partial charge in [0.15, 0.2) is 0 Å². The van der Waals surface area contributed by atoms with Gasteiger partial charge >= 0.3 is 6.09 Å². The monoisotopic (exact) mass is 393 g/mol. The zero-order valence-corrected chi connectivity index (χ0v) is 16.0. The van der Waals surface area contributed by atoms with Gasteiger partial charge < -0.3 is 9.64 Å². The predicted octanol–water partition coefficient (Wildman–Crippen LogP) is 4.14. The summed E-state index contributed by atoms with van der Waals surface area (Å²) >= 11 is 6.07. The number of pyridine rings is 1. The predicted molar refractivity (Wildman–Crippen MR) is 110 cm³/mol. The van der Waals surface area contributed by atoms with Gasteiger partial charge in [0, 0.05) is 29.7 Å². The van der Waals surface area contributed by atoms with Crippen LogP contribution >= 0.6 is 11.6 Å². The van der Waals surface area contributed by atoms with Gasteiger partial charge in [0.2, 0.25) is 0 Å². The molecule has 3 aromatic rings. The fraction of sp³-hybridized carbons (Fsp3) is 0.273. The SMILES string of the molecule is O=C1O[C@@H]2CN(c3nccc4ccccc34)C[C@@H]2N1CCc1cccc(Cl)c1. The third-order valence-corrected chi connectivity index (χ3v) is 5.84. The van der Waals surface area contributed by atoms with E-state index in [1.807, 2.05) is 53.6 Å². The Hall–Kier alpha value is -2.79. The Bertz CT molecular complexity index is 1040. The van der Waals surface area contributed by atoms with Crippen LogP contribution in [0.1, 0.15) is 5.56 Å². The molecule has 1 amide bonds. The van der Waals surface area contributed by atoms with Crippen LogP contribution in [0.2, 0.25) is 5.02 Å². The molecule has 0 N–H and O–H groups in total. The molecule has 2 fully saturated rings. The molecular weight excluding hydrogens is 374 g/mol. The smallest absolute Gasteiger partial charge is 0.410 e. The summed E-state index contributed by atoms with van der Waals surface area (Å²) in [4.78, 5) is 21.1. The Morgan fingerprint density at radius 2 is 2.00 bits per heavy atom. The molecule has 2 saturated heterocycles. The Morgan fingerprint density at radius 1 is 1.11 bits per heavy atom. The Labute approximate surface area is 168 Å². The third-order valence-electron chi connectivity index (χ3n) is 5.61. The van der Waals surface area contributed by atoms with Crippen LogP contribution in [0.4, 0.5) is 10.6 Å². The summed E-state index contributed by atoms with van der Waals surface area (Å²) in [6, 6.07) is 18.1. The first-order valence-corrected chi connectivity index (χ1v) is 9.87. The van der Waals surface area contributed by atoms with E-state index in [1.54, 1.807) is 0 Å². The molecule has 1 aromatic heterocycles. The Balaban J connectivity index is 1.34. The second kappa shape index (κ2) is 6.99. The number of hydrogen-bond acceptors (Lipinski definition) is 4. The van der Waals surface area contributed by atoms with Crippen molar-refractivity contribution in [3.8, 4) is 0 Å². The number of carbonyl (C=O) groups excluding carboxylic acids is 1. The molecule has 0 saturated carbocycles. The van der Waals surface area contributed by atoms with Crippen molar-refractivity contribution in [2.45, 2.75) is 18.6 Å². The van der Waals surface area contributed by atoms with E-state index < -0.39 is 0 Å². The highest BCUT2D eigenvalue weighted by Gasteiger charge is 2.47. The van der Waals surface area contributed by atoms with Crippen LogP contribution in [0.25, 0.3) is 10.8 Å². The summed E-state index contributed by atoms with van der Waals surface area (Å²) in [5, 5.41) is 3.01. The summed E-state index contributed by atoms with van der Waals surface area (Å²) in [5.41, 5.74) is 1.12. The van der Waals surface area contributed by atoms with Crippen LogP contribution in [0.15, 0.2) is 60.8 Å². The van der Waals surface area contributed by atoms with E-state index in [0.717, 1.165) is 29.7 Å². The van der Waals surface area contributed by atoms with Crippen LogP contribution in [0.5, 0.6) is 0 Å². The van der Waals surface area contributed by atoms with Crippen molar-refractivity contribution in [3.05, 3.63) is 71.4 Å². The zero-order valence-electron chi connectivity index (χ0n) is 15.3. The molecule has 0 unspecified atom stereocenters. The molecule has 0 aliphatic carbocycles. The highest BCUT2D eigenvalue weighted by atomic mass is 35.5. The summed E-state index contributed by atoms with van der Waals surface area (Å²) in [6.45, 7) is 2.02. The zero-order chi connectivity index (χ0) is 19.1. The van der Waals surface area contributed by atoms with Crippen LogP contribution < -0.4 is 4.90 Å². The van der Waals surface area contributed by atoms with Gasteiger partial charge in [-0.15, -0.1) is 0 Å². The molecule has 0 spiro atoms. The van der Waals surface area contributed by atoms with E-state index in [-0.39, 0.29) is 18.2 Å². The van der Waals surface area contributed by atoms with E-state index in [1.165, 1.54) is 5.39 Å². The molecular formula is C22H20ClN3O2. The topological polar surface area (TPSA) is 45.7 Å². The number of rotatable bonds is 4. The molecule has 5 nitrogen and oxygen atoms in total. The van der Waals surface area contributed by atoms with E-state index in [2.05, 4.69) is 22.0 Å². The van der Waals surface area contributed by atoms with Gasteiger partial charge in [0.25, 0.3) is 0 Å². The number of aromatic nitrogens is 1. The lowest BCUT2D eigenvalue weighted by Gasteiger charge is -2.24. The van der Waals surface area contributed by atoms with Crippen molar-refractivity contribution in [2.75, 3.05) is 24.5 Å². The molecule has 2 aliphatic heterocycles. The van der Waals surface area contributed by atoms with Crippen LogP contribution in [0, 0.1) is 0 Å². The minimum atomic E-state index is -0.220. The van der Waals surface area contributed by atoms with Gasteiger partial charge in [-0.1, -0.05) is 48.0 Å². The normalized spacial score (nSPS) is 21.2. The van der Waals surface area contributed by atoms with Gasteiger partial charge in [-0.25, -0.2) is 9.78 Å². The third kappa shape index (κ3) is 3.06. The number of amides is 1. The maximum absolute atomic E-state index is 12.4. The number of hydrogen-bond donors (Lipinski definition) is 0. The van der Waals surface area contributed by atoms with E-state index in [0.29, 0.717) is 18.1 Å². The lowest BCUT2D eigenvalue weighted by atomic mass is 10.1. The van der Waals surface area contributed by atoms with Crippen molar-refractivity contribution in [1.29, 1.82) is 0 Å². The largest absolute Gasteiger partial charge is 0.442 e. The first kappa shape index (κ1) is 17.3. The number of halogens is 1. The van der Waals surface area contributed by atoms with Gasteiger partial charge in [-0.3, -0.25) is 4.90 Å². The minimum absolute atomic E-state index is 0.0486. The quantitative estimate of drug-likeness (QED) is 0.668. The van der Waals surface area contributed by atoms with Crippen molar-refractivity contribution >= 4 is 34.3 Å². The van der Waals surface area contributed by atoms with Crippen LogP contribution in [0.3, 0.4) is 0 Å². The van der Waals surface area contributed by atoms with Crippen molar-refractivity contribution in [2.24, 2.45) is 0 Å². The number of benzene rings is 2. The fourth-order valence-corrected chi connectivity index (χ4v) is 4.45. The molecule has 2 aliphatic rings. The summed E-state index contributed by atoms with van der Waals surface area (Å²) in [5.74, 6) is 0.957. The van der Waals surface area contributed by atoms with Crippen LogP contribution in [-0.2, 0) is 11.2 Å². The molecule has 0 radical (unpaired) electrons. The molecule has 2 aromatic carbocycles. The van der Waals surface area contributed by atoms with Crippen molar-refractivity contribution in [1.82, 2.24) is 9.88 Å². The number of anilines is 1. The van der Waals surface area contributed by atoms with E-state index >= 15 is 0 Å². The molecule has 5 rings (SSSR count). The second-order valence-corrected chi connectivity index (χ2v) is 7.76. The first-order chi connectivity index (χ1) is 13.7. The maximum atomic E-state index is 12.4. The average Bonchev–Trinajstić information content (AvgIpc) is 3.23. The number of ether oxygens (including phenoxy) is 1. The molecule has 0 bridgehead atoms. The lowest BCUT2D eigenvalue weighted by molar-refractivity contribution is 0.136. The highest BCUT2D eigenvalue weighted by Crippen LogP contribution is 2.33. The molecule has 3 heterocycles. The van der Waals surface area contributed by atoms with Gasteiger partial charge in [-0.2, -0.15) is 0 Å². The van der Waals surface area contributed by atoms with Crippen molar-refractivity contribution in [3.63, 3.8) is 0 Å². The molecule has 6 heteroatoms. The highest BCUT2D eigenvalue weighted by molar-refractivity contribution is 6.30. The number of fused-ring (bicyclic) bond motifs is 2. The maximum Gasteiger partial charge on any atom is 0.410 e. The van der Waals surface area contributed by atoms with Gasteiger partial charge in [-0.05, 0) is 35.6 Å². The minimum Gasteiger partial charge on any atom is -0.442 e. The van der Waals surface area contributed by atoms with E-state index in [4.69, 9.17) is 16.3 Å². The van der Waals surface area contributed by atoms with Gasteiger partial charge in [0.05, 0.1) is 12.6 Å². The second-order valence-electron chi connectivity index (χ2n) is 7.32. The summed E-state index contributed by atoms with van der Waals surface area (Å²) in [6.07, 6.45) is 2.26. The summed E-state index contributed by atoms with van der Waals surface area (Å²) < 4.78 is 5.67.